The van der Waals surface area contributed by atoms with Crippen LogP contribution in [-0.2, 0) is 23.3 Å². The Kier molecular flexibility index (Phi) is 7.18. The van der Waals surface area contributed by atoms with E-state index in [1.54, 1.807) is 13.8 Å². The first-order valence-electron chi connectivity index (χ1n) is 8.69. The van der Waals surface area contributed by atoms with Gasteiger partial charge < -0.3 is 19.1 Å². The van der Waals surface area contributed by atoms with Crippen LogP contribution in [0.2, 0.25) is 0 Å². The summed E-state index contributed by atoms with van der Waals surface area (Å²) in [5.74, 6) is 0. The number of ether oxygens (including phenoxy) is 3. The predicted octanol–water partition coefficient (Wildman–Crippen LogP) is 0.853. The van der Waals surface area contributed by atoms with E-state index in [0.717, 1.165) is 4.57 Å². The summed E-state index contributed by atoms with van der Waals surface area (Å²) in [6.45, 7) is 6.90. The average molecular weight is 406 g/mol. The third kappa shape index (κ3) is 5.16. The molecule has 2 N–H and O–H groups in total. The van der Waals surface area contributed by atoms with Crippen LogP contribution in [0.1, 0.15) is 33.9 Å². The zero-order valence-electron chi connectivity index (χ0n) is 16.0. The third-order valence-electron chi connectivity index (χ3n) is 4.20. The van der Waals surface area contributed by atoms with Gasteiger partial charge >= 0.3 is 13.3 Å². The number of hydrogen-bond donors (Lipinski definition) is 2. The Balaban J connectivity index is 2.38. The molecule has 0 aromatic carbocycles. The van der Waals surface area contributed by atoms with Gasteiger partial charge in [0.2, 0.25) is 0 Å². The standard InChI is InChI=1S/C16H27N2O8P/c1-9(2)24-8-11-13(26-27(21,22)10(3)4)14(23-5)15(25-11)18-7-6-12(19)17-16(18)20/h6-7,9-11,13-15H,8H2,1-5H3,(H,21,22)(H,17,19,20)/t11-,13+,14?,15-/m1/s1. The van der Waals surface area contributed by atoms with Crippen molar-refractivity contribution in [2.45, 2.75) is 64.0 Å². The molecule has 0 saturated carbocycles. The summed E-state index contributed by atoms with van der Waals surface area (Å²) in [5.41, 5.74) is -1.86. The van der Waals surface area contributed by atoms with Gasteiger partial charge in [0.05, 0.1) is 18.4 Å². The number of nitrogens with zero attached hydrogens (tertiary/aromatic N) is 1. The van der Waals surface area contributed by atoms with Crippen molar-refractivity contribution >= 4 is 7.60 Å². The lowest BCUT2D eigenvalue weighted by molar-refractivity contribution is -0.0796. The molecule has 0 aliphatic carbocycles. The first-order valence-corrected chi connectivity index (χ1v) is 10.3. The Labute approximate surface area is 156 Å². The van der Waals surface area contributed by atoms with E-state index in [9.17, 15) is 19.0 Å². The lowest BCUT2D eigenvalue weighted by Crippen LogP contribution is -2.40. The summed E-state index contributed by atoms with van der Waals surface area (Å²) >= 11 is 0. The van der Waals surface area contributed by atoms with Gasteiger partial charge in [0, 0.05) is 19.4 Å². The van der Waals surface area contributed by atoms with E-state index < -0.39 is 49.0 Å². The molecule has 1 aromatic rings. The summed E-state index contributed by atoms with van der Waals surface area (Å²) in [4.78, 5) is 35.8. The molecular formula is C16H27N2O8P. The largest absolute Gasteiger partial charge is 0.376 e. The van der Waals surface area contributed by atoms with Crippen molar-refractivity contribution in [3.05, 3.63) is 33.1 Å². The molecule has 1 aliphatic heterocycles. The summed E-state index contributed by atoms with van der Waals surface area (Å²) in [7, 11) is -2.56. The number of hydrogen-bond acceptors (Lipinski definition) is 7. The fourth-order valence-electron chi connectivity index (χ4n) is 2.66. The maximum Gasteiger partial charge on any atom is 0.331 e. The Hall–Kier alpha value is -1.29. The molecule has 10 nitrogen and oxygen atoms in total. The zero-order chi connectivity index (χ0) is 20.4. The number of aromatic amines is 1. The van der Waals surface area contributed by atoms with Crippen LogP contribution in [0.15, 0.2) is 21.9 Å². The first-order chi connectivity index (χ1) is 12.6. The van der Waals surface area contributed by atoms with E-state index in [0.29, 0.717) is 0 Å². The highest BCUT2D eigenvalue weighted by atomic mass is 31.2. The van der Waals surface area contributed by atoms with Gasteiger partial charge in [0.15, 0.2) is 6.23 Å². The Morgan fingerprint density at radius 1 is 1.30 bits per heavy atom. The molecule has 154 valence electrons. The lowest BCUT2D eigenvalue weighted by Gasteiger charge is -2.27. The number of methoxy groups -OCH3 is 1. The predicted molar refractivity (Wildman–Crippen MR) is 97.0 cm³/mol. The minimum Gasteiger partial charge on any atom is -0.376 e. The Morgan fingerprint density at radius 2 is 1.96 bits per heavy atom. The van der Waals surface area contributed by atoms with Gasteiger partial charge in [-0.25, -0.2) is 4.79 Å². The molecule has 1 saturated heterocycles. The van der Waals surface area contributed by atoms with Gasteiger partial charge in [-0.2, -0.15) is 0 Å². The van der Waals surface area contributed by atoms with Gasteiger partial charge in [0.1, 0.15) is 18.3 Å². The Bertz CT molecular complexity index is 789. The molecule has 0 bridgehead atoms. The minimum atomic E-state index is -3.95. The fourth-order valence-corrected chi connectivity index (χ4v) is 3.50. The molecule has 27 heavy (non-hydrogen) atoms. The molecule has 0 spiro atoms. The van der Waals surface area contributed by atoms with Gasteiger partial charge in [-0.15, -0.1) is 0 Å². The SMILES string of the molecule is COC1[C@@H](OP(=O)(O)C(C)C)[C@@H](COC(C)C)O[C@H]1n1ccc(=O)[nH]c1=O. The molecule has 1 aromatic heterocycles. The van der Waals surface area contributed by atoms with Gasteiger partial charge in [-0.1, -0.05) is 13.8 Å². The Morgan fingerprint density at radius 3 is 2.48 bits per heavy atom. The summed E-state index contributed by atoms with van der Waals surface area (Å²) in [5, 5.41) is 0. The second-order valence-corrected chi connectivity index (χ2v) is 9.26. The molecule has 1 fully saturated rings. The van der Waals surface area contributed by atoms with Crippen molar-refractivity contribution in [1.82, 2.24) is 9.55 Å². The highest BCUT2D eigenvalue weighted by Crippen LogP contribution is 2.51. The normalized spacial score (nSPS) is 28.0. The van der Waals surface area contributed by atoms with Crippen LogP contribution >= 0.6 is 7.60 Å². The van der Waals surface area contributed by atoms with Gasteiger partial charge in [-0.05, 0) is 13.8 Å². The smallest absolute Gasteiger partial charge is 0.331 e. The highest BCUT2D eigenvalue weighted by Gasteiger charge is 2.50. The first kappa shape index (κ1) is 22.0. The maximum atomic E-state index is 12.4. The second kappa shape index (κ2) is 8.81. The molecule has 2 rings (SSSR count). The lowest BCUT2D eigenvalue weighted by atomic mass is 10.1. The van der Waals surface area contributed by atoms with Crippen LogP contribution in [0, 0.1) is 0 Å². The van der Waals surface area contributed by atoms with Crippen LogP contribution in [-0.4, -0.2) is 58.2 Å². The van der Waals surface area contributed by atoms with Crippen molar-refractivity contribution < 1.29 is 28.2 Å². The van der Waals surface area contributed by atoms with Crippen molar-refractivity contribution in [3.8, 4) is 0 Å². The van der Waals surface area contributed by atoms with Crippen molar-refractivity contribution in [2.24, 2.45) is 0 Å². The van der Waals surface area contributed by atoms with Crippen LogP contribution < -0.4 is 11.2 Å². The topological polar surface area (TPSA) is 129 Å². The second-order valence-electron chi connectivity index (χ2n) is 6.89. The van der Waals surface area contributed by atoms with Crippen molar-refractivity contribution in [1.29, 1.82) is 0 Å². The molecule has 0 radical (unpaired) electrons. The van der Waals surface area contributed by atoms with Crippen LogP contribution in [0.25, 0.3) is 0 Å². The van der Waals surface area contributed by atoms with E-state index in [1.807, 2.05) is 13.8 Å². The summed E-state index contributed by atoms with van der Waals surface area (Å²) in [6.07, 6.45) is -2.35. The van der Waals surface area contributed by atoms with Crippen LogP contribution in [0.5, 0.6) is 0 Å². The van der Waals surface area contributed by atoms with Crippen molar-refractivity contribution in [2.75, 3.05) is 13.7 Å². The van der Waals surface area contributed by atoms with E-state index in [4.69, 9.17) is 18.7 Å². The molecule has 0 amide bonds. The molecule has 5 atom stereocenters. The maximum absolute atomic E-state index is 12.4. The van der Waals surface area contributed by atoms with Gasteiger partial charge in [-0.3, -0.25) is 23.4 Å². The van der Waals surface area contributed by atoms with E-state index in [1.165, 1.54) is 19.4 Å². The number of H-pyrrole nitrogens is 1. The van der Waals surface area contributed by atoms with Gasteiger partial charge in [0.25, 0.3) is 5.56 Å². The molecular weight excluding hydrogens is 379 g/mol. The molecule has 11 heteroatoms. The molecule has 2 unspecified atom stereocenters. The van der Waals surface area contributed by atoms with E-state index >= 15 is 0 Å². The number of nitrogens with one attached hydrogen (secondary N) is 1. The van der Waals surface area contributed by atoms with Crippen LogP contribution in [0.3, 0.4) is 0 Å². The average Bonchev–Trinajstić information content (AvgIpc) is 2.89. The number of aromatic nitrogens is 2. The zero-order valence-corrected chi connectivity index (χ0v) is 16.9. The molecule has 2 heterocycles. The fraction of sp³-hybridized carbons (Fsp3) is 0.750. The quantitative estimate of drug-likeness (QED) is 0.608. The van der Waals surface area contributed by atoms with Crippen LogP contribution in [0.4, 0.5) is 0 Å². The number of rotatable bonds is 8. The molecule has 1 aliphatic rings. The van der Waals surface area contributed by atoms with E-state index in [-0.39, 0.29) is 12.7 Å². The minimum absolute atomic E-state index is 0.0783. The third-order valence-corrected chi connectivity index (χ3v) is 6.05. The summed E-state index contributed by atoms with van der Waals surface area (Å²) in [6, 6.07) is 1.18. The summed E-state index contributed by atoms with van der Waals surface area (Å²) < 4.78 is 36.0. The highest BCUT2D eigenvalue weighted by molar-refractivity contribution is 7.53. The van der Waals surface area contributed by atoms with Crippen molar-refractivity contribution in [3.63, 3.8) is 0 Å². The van der Waals surface area contributed by atoms with E-state index in [2.05, 4.69) is 4.98 Å². The monoisotopic (exact) mass is 406 g/mol.